The maximum atomic E-state index is 13.7. The van der Waals surface area contributed by atoms with Crippen molar-refractivity contribution < 1.29 is 18.0 Å². The molecule has 0 radical (unpaired) electrons. The van der Waals surface area contributed by atoms with Crippen molar-refractivity contribution >= 4 is 43.5 Å². The molecule has 104 valence electrons. The van der Waals surface area contributed by atoms with Crippen LogP contribution in [0, 0.1) is 17.5 Å². The predicted octanol–water partition coefficient (Wildman–Crippen LogP) is 4.88. The number of benzene rings is 2. The molecular formula is C13H6Br2F3NO. The third-order valence-electron chi connectivity index (χ3n) is 2.45. The number of rotatable bonds is 2. The Morgan fingerprint density at radius 1 is 1.00 bits per heavy atom. The lowest BCUT2D eigenvalue weighted by atomic mass is 10.2. The van der Waals surface area contributed by atoms with Crippen molar-refractivity contribution in [3.8, 4) is 0 Å². The first-order chi connectivity index (χ1) is 9.40. The SMILES string of the molecule is O=C(Nc1cc(F)c(Br)cc1F)c1cccc(Br)c1F. The molecule has 2 nitrogen and oxygen atoms in total. The zero-order valence-corrected chi connectivity index (χ0v) is 12.9. The van der Waals surface area contributed by atoms with Crippen molar-refractivity contribution in [1.82, 2.24) is 0 Å². The van der Waals surface area contributed by atoms with Crippen LogP contribution < -0.4 is 5.32 Å². The molecule has 0 saturated carbocycles. The first-order valence-electron chi connectivity index (χ1n) is 5.30. The molecule has 0 spiro atoms. The molecule has 7 heteroatoms. The lowest BCUT2D eigenvalue weighted by Crippen LogP contribution is -2.15. The van der Waals surface area contributed by atoms with Gasteiger partial charge in [0.05, 0.1) is 20.2 Å². The maximum absolute atomic E-state index is 13.7. The van der Waals surface area contributed by atoms with Crippen LogP contribution in [-0.4, -0.2) is 5.91 Å². The van der Waals surface area contributed by atoms with Crippen LogP contribution in [0.5, 0.6) is 0 Å². The summed E-state index contributed by atoms with van der Waals surface area (Å²) in [6.45, 7) is 0. The molecule has 2 rings (SSSR count). The van der Waals surface area contributed by atoms with Gasteiger partial charge in [0.25, 0.3) is 5.91 Å². The quantitative estimate of drug-likeness (QED) is 0.705. The third-order valence-corrected chi connectivity index (χ3v) is 3.67. The highest BCUT2D eigenvalue weighted by atomic mass is 79.9. The van der Waals surface area contributed by atoms with E-state index in [9.17, 15) is 18.0 Å². The van der Waals surface area contributed by atoms with Crippen molar-refractivity contribution in [3.05, 3.63) is 62.3 Å². The summed E-state index contributed by atoms with van der Waals surface area (Å²) in [6.07, 6.45) is 0. The van der Waals surface area contributed by atoms with Crippen LogP contribution in [0.3, 0.4) is 0 Å². The summed E-state index contributed by atoms with van der Waals surface area (Å²) >= 11 is 5.76. The third kappa shape index (κ3) is 3.04. The summed E-state index contributed by atoms with van der Waals surface area (Å²) in [5.41, 5.74) is -0.642. The van der Waals surface area contributed by atoms with E-state index in [4.69, 9.17) is 0 Å². The van der Waals surface area contributed by atoms with Crippen molar-refractivity contribution in [2.24, 2.45) is 0 Å². The lowest BCUT2D eigenvalue weighted by molar-refractivity contribution is 0.102. The van der Waals surface area contributed by atoms with E-state index in [1.165, 1.54) is 18.2 Å². The second kappa shape index (κ2) is 5.97. The smallest absolute Gasteiger partial charge is 0.258 e. The minimum atomic E-state index is -0.871. The molecule has 0 saturated heterocycles. The number of nitrogens with one attached hydrogen (secondary N) is 1. The fraction of sp³-hybridized carbons (Fsp3) is 0. The predicted molar refractivity (Wildman–Crippen MR) is 76.1 cm³/mol. The number of hydrogen-bond donors (Lipinski definition) is 1. The van der Waals surface area contributed by atoms with E-state index in [1.807, 2.05) is 0 Å². The topological polar surface area (TPSA) is 29.1 Å². The molecule has 1 N–H and O–H groups in total. The summed E-state index contributed by atoms with van der Waals surface area (Å²) in [5.74, 6) is -3.22. The number of carbonyl (C=O) groups is 1. The molecule has 2 aromatic carbocycles. The minimum Gasteiger partial charge on any atom is -0.319 e. The Labute approximate surface area is 129 Å². The summed E-state index contributed by atoms with van der Waals surface area (Å²) in [4.78, 5) is 11.9. The fourth-order valence-electron chi connectivity index (χ4n) is 1.49. The second-order valence-corrected chi connectivity index (χ2v) is 5.51. The summed E-state index contributed by atoms with van der Waals surface area (Å²) in [7, 11) is 0. The molecule has 0 aliphatic heterocycles. The molecule has 0 aliphatic rings. The van der Waals surface area contributed by atoms with Gasteiger partial charge in [-0.2, -0.15) is 0 Å². The number of halogens is 5. The average molecular weight is 409 g/mol. The van der Waals surface area contributed by atoms with Crippen molar-refractivity contribution in [2.45, 2.75) is 0 Å². The van der Waals surface area contributed by atoms with Crippen LogP contribution in [0.4, 0.5) is 18.9 Å². The molecule has 0 bridgehead atoms. The number of anilines is 1. The van der Waals surface area contributed by atoms with Crippen molar-refractivity contribution in [2.75, 3.05) is 5.32 Å². The molecule has 0 aliphatic carbocycles. The van der Waals surface area contributed by atoms with E-state index < -0.39 is 23.4 Å². The van der Waals surface area contributed by atoms with Crippen LogP contribution in [-0.2, 0) is 0 Å². The normalized spacial score (nSPS) is 10.4. The Hall–Kier alpha value is -1.34. The first kappa shape index (κ1) is 15.1. The van der Waals surface area contributed by atoms with E-state index in [0.29, 0.717) is 0 Å². The van der Waals surface area contributed by atoms with Gasteiger partial charge in [-0.1, -0.05) is 6.07 Å². The van der Waals surface area contributed by atoms with E-state index in [-0.39, 0.29) is 20.2 Å². The number of carbonyl (C=O) groups excluding carboxylic acids is 1. The Morgan fingerprint density at radius 2 is 1.70 bits per heavy atom. The van der Waals surface area contributed by atoms with Gasteiger partial charge in [0.15, 0.2) is 0 Å². The van der Waals surface area contributed by atoms with Crippen LogP contribution >= 0.6 is 31.9 Å². The molecule has 0 atom stereocenters. The summed E-state index contributed by atoms with van der Waals surface area (Å²) in [6, 6.07) is 5.81. The van der Waals surface area contributed by atoms with Gasteiger partial charge < -0.3 is 5.32 Å². The van der Waals surface area contributed by atoms with Gasteiger partial charge in [0.2, 0.25) is 0 Å². The van der Waals surface area contributed by atoms with E-state index in [2.05, 4.69) is 37.2 Å². The maximum Gasteiger partial charge on any atom is 0.258 e. The number of amides is 1. The second-order valence-electron chi connectivity index (χ2n) is 3.80. The molecule has 2 aromatic rings. The zero-order valence-electron chi connectivity index (χ0n) is 9.68. The van der Waals surface area contributed by atoms with Crippen molar-refractivity contribution in [1.29, 1.82) is 0 Å². The van der Waals surface area contributed by atoms with E-state index in [1.54, 1.807) is 0 Å². The Balaban J connectivity index is 2.33. The summed E-state index contributed by atoms with van der Waals surface area (Å²) < 4.78 is 40.6. The zero-order chi connectivity index (χ0) is 14.9. The first-order valence-corrected chi connectivity index (χ1v) is 6.88. The van der Waals surface area contributed by atoms with Gasteiger partial charge in [-0.25, -0.2) is 13.2 Å². The molecule has 0 fully saturated rings. The average Bonchev–Trinajstić information content (AvgIpc) is 2.39. The van der Waals surface area contributed by atoms with Gasteiger partial charge in [0.1, 0.15) is 17.5 Å². The summed E-state index contributed by atoms with van der Waals surface area (Å²) in [5, 5.41) is 2.13. The molecule has 0 unspecified atom stereocenters. The van der Waals surface area contributed by atoms with Crippen LogP contribution in [0.25, 0.3) is 0 Å². The molecule has 1 amide bonds. The highest BCUT2D eigenvalue weighted by Crippen LogP contribution is 2.25. The standard InChI is InChI=1S/C13H6Br2F3NO/c14-7-3-1-2-6(12(7)18)13(20)19-11-5-9(16)8(15)4-10(11)17/h1-5H,(H,19,20). The minimum absolute atomic E-state index is 0.0679. The van der Waals surface area contributed by atoms with Crippen molar-refractivity contribution in [3.63, 3.8) is 0 Å². The molecule has 0 heterocycles. The largest absolute Gasteiger partial charge is 0.319 e. The molecule has 20 heavy (non-hydrogen) atoms. The highest BCUT2D eigenvalue weighted by molar-refractivity contribution is 9.10. The fourth-order valence-corrected chi connectivity index (χ4v) is 2.17. The molecule has 0 aromatic heterocycles. The van der Waals surface area contributed by atoms with Crippen LogP contribution in [0.1, 0.15) is 10.4 Å². The van der Waals surface area contributed by atoms with Crippen LogP contribution in [0.15, 0.2) is 39.3 Å². The van der Waals surface area contributed by atoms with Gasteiger partial charge in [-0.15, -0.1) is 0 Å². The molecular weight excluding hydrogens is 403 g/mol. The van der Waals surface area contributed by atoms with Gasteiger partial charge in [0, 0.05) is 6.07 Å². The van der Waals surface area contributed by atoms with Gasteiger partial charge >= 0.3 is 0 Å². The monoisotopic (exact) mass is 407 g/mol. The van der Waals surface area contributed by atoms with Gasteiger partial charge in [-0.05, 0) is 50.1 Å². The lowest BCUT2D eigenvalue weighted by Gasteiger charge is -2.08. The van der Waals surface area contributed by atoms with Crippen LogP contribution in [0.2, 0.25) is 0 Å². The number of hydrogen-bond acceptors (Lipinski definition) is 1. The Bertz CT molecular complexity index is 692. The van der Waals surface area contributed by atoms with E-state index in [0.717, 1.165) is 12.1 Å². The van der Waals surface area contributed by atoms with E-state index >= 15 is 0 Å². The van der Waals surface area contributed by atoms with Gasteiger partial charge in [-0.3, -0.25) is 4.79 Å². The highest BCUT2D eigenvalue weighted by Gasteiger charge is 2.16. The Kier molecular flexibility index (Phi) is 4.49. The Morgan fingerprint density at radius 3 is 2.40 bits per heavy atom.